The molecule has 1 aromatic rings. The summed E-state index contributed by atoms with van der Waals surface area (Å²) in [6.07, 6.45) is 1.22. The van der Waals surface area contributed by atoms with Gasteiger partial charge in [0.2, 0.25) is 0 Å². The van der Waals surface area contributed by atoms with Crippen LogP contribution in [0.2, 0.25) is 0 Å². The van der Waals surface area contributed by atoms with E-state index in [2.05, 4.69) is 10.6 Å². The van der Waals surface area contributed by atoms with Crippen LogP contribution in [-0.2, 0) is 9.53 Å². The van der Waals surface area contributed by atoms with Gasteiger partial charge in [-0.25, -0.2) is 9.59 Å². The predicted molar refractivity (Wildman–Crippen MR) is 86.1 cm³/mol. The number of urea groups is 1. The zero-order valence-electron chi connectivity index (χ0n) is 13.5. The van der Waals surface area contributed by atoms with Gasteiger partial charge in [-0.2, -0.15) is 0 Å². The van der Waals surface area contributed by atoms with Gasteiger partial charge >= 0.3 is 12.0 Å². The number of benzene rings is 1. The van der Waals surface area contributed by atoms with Gasteiger partial charge in [0.15, 0.2) is 0 Å². The van der Waals surface area contributed by atoms with E-state index in [1.165, 1.54) is 18.2 Å². The number of esters is 1. The number of nitrogens with zero attached hydrogens (tertiary/aromatic N) is 1. The summed E-state index contributed by atoms with van der Waals surface area (Å²) < 4.78 is 5.10. The largest absolute Gasteiger partial charge is 0.463 e. The summed E-state index contributed by atoms with van der Waals surface area (Å²) in [6.45, 7) is 3.80. The van der Waals surface area contributed by atoms with Crippen molar-refractivity contribution in [1.29, 1.82) is 0 Å². The van der Waals surface area contributed by atoms with E-state index in [-0.39, 0.29) is 17.9 Å². The molecular formula is C16H19N3O5. The number of hydrogen-bond donors (Lipinski definition) is 2. The van der Waals surface area contributed by atoms with E-state index in [0.717, 1.165) is 6.42 Å². The Kier molecular flexibility index (Phi) is 5.51. The average Bonchev–Trinajstić information content (AvgIpc) is 2.55. The molecule has 0 saturated carbocycles. The molecule has 0 aliphatic carbocycles. The molecule has 1 unspecified atom stereocenters. The van der Waals surface area contributed by atoms with Crippen molar-refractivity contribution in [2.45, 2.75) is 32.7 Å². The van der Waals surface area contributed by atoms with Crippen molar-refractivity contribution in [2.24, 2.45) is 0 Å². The van der Waals surface area contributed by atoms with Crippen LogP contribution in [0.25, 0.3) is 0 Å². The molecule has 1 aliphatic rings. The van der Waals surface area contributed by atoms with E-state index >= 15 is 0 Å². The van der Waals surface area contributed by atoms with E-state index < -0.39 is 23.0 Å². The van der Waals surface area contributed by atoms with E-state index in [0.29, 0.717) is 17.7 Å². The highest BCUT2D eigenvalue weighted by atomic mass is 16.6. The van der Waals surface area contributed by atoms with Gasteiger partial charge in [0.25, 0.3) is 5.69 Å². The lowest BCUT2D eigenvalue weighted by Crippen LogP contribution is -2.46. The van der Waals surface area contributed by atoms with Crippen molar-refractivity contribution >= 4 is 17.7 Å². The standard InChI is InChI=1S/C16H19N3O5/c1-3-6-12-13(15(20)24-4-2)14(18-16(21)17-12)10-7-5-8-11(9-10)19(22)23/h5,7-9,14H,3-4,6H2,1-2H3,(H2,17,18,21). The molecule has 24 heavy (non-hydrogen) atoms. The maximum Gasteiger partial charge on any atom is 0.338 e. The molecule has 2 amide bonds. The molecule has 0 aromatic heterocycles. The summed E-state index contributed by atoms with van der Waals surface area (Å²) in [5, 5.41) is 16.3. The third kappa shape index (κ3) is 3.70. The Morgan fingerprint density at radius 1 is 1.38 bits per heavy atom. The van der Waals surface area contributed by atoms with Crippen molar-refractivity contribution < 1.29 is 19.2 Å². The van der Waals surface area contributed by atoms with E-state index in [4.69, 9.17) is 4.74 Å². The smallest absolute Gasteiger partial charge is 0.338 e. The Balaban J connectivity index is 2.53. The van der Waals surface area contributed by atoms with Gasteiger partial charge in [0, 0.05) is 17.8 Å². The maximum absolute atomic E-state index is 12.4. The second-order valence-corrected chi connectivity index (χ2v) is 5.25. The molecule has 0 saturated heterocycles. The second kappa shape index (κ2) is 7.58. The molecule has 1 heterocycles. The first-order valence-electron chi connectivity index (χ1n) is 7.69. The maximum atomic E-state index is 12.4. The summed E-state index contributed by atoms with van der Waals surface area (Å²) in [4.78, 5) is 34.8. The van der Waals surface area contributed by atoms with Crippen LogP contribution >= 0.6 is 0 Å². The summed E-state index contributed by atoms with van der Waals surface area (Å²) in [5.41, 5.74) is 1.10. The average molecular weight is 333 g/mol. The first-order chi connectivity index (χ1) is 11.5. The lowest BCUT2D eigenvalue weighted by Gasteiger charge is -2.29. The van der Waals surface area contributed by atoms with Gasteiger partial charge in [-0.15, -0.1) is 0 Å². The number of carbonyl (C=O) groups is 2. The van der Waals surface area contributed by atoms with Gasteiger partial charge in [-0.05, 0) is 18.9 Å². The Labute approximate surface area is 139 Å². The minimum absolute atomic E-state index is 0.111. The minimum atomic E-state index is -0.792. The molecule has 128 valence electrons. The quantitative estimate of drug-likeness (QED) is 0.472. The normalized spacial score (nSPS) is 17.1. The lowest BCUT2D eigenvalue weighted by molar-refractivity contribution is -0.384. The predicted octanol–water partition coefficient (Wildman–Crippen LogP) is 2.57. The van der Waals surface area contributed by atoms with Crippen LogP contribution in [0.3, 0.4) is 0 Å². The molecule has 1 aliphatic heterocycles. The molecule has 0 radical (unpaired) electrons. The summed E-state index contributed by atoms with van der Waals surface area (Å²) in [7, 11) is 0. The molecule has 1 atom stereocenters. The van der Waals surface area contributed by atoms with Gasteiger partial charge in [0.1, 0.15) is 0 Å². The number of amides is 2. The van der Waals surface area contributed by atoms with E-state index in [9.17, 15) is 19.7 Å². The fourth-order valence-electron chi connectivity index (χ4n) is 2.58. The number of allylic oxidation sites excluding steroid dienone is 1. The molecule has 2 rings (SSSR count). The fraction of sp³-hybridized carbons (Fsp3) is 0.375. The summed E-state index contributed by atoms with van der Waals surface area (Å²) in [5.74, 6) is -0.551. The number of nitro benzene ring substituents is 1. The van der Waals surface area contributed by atoms with Crippen molar-refractivity contribution in [3.8, 4) is 0 Å². The fourth-order valence-corrected chi connectivity index (χ4v) is 2.58. The molecule has 0 bridgehead atoms. The molecule has 0 fully saturated rings. The third-order valence-corrected chi connectivity index (χ3v) is 3.56. The molecule has 0 spiro atoms. The molecular weight excluding hydrogens is 314 g/mol. The zero-order valence-corrected chi connectivity index (χ0v) is 13.5. The highest BCUT2D eigenvalue weighted by Gasteiger charge is 2.33. The molecule has 1 aromatic carbocycles. The number of hydrogen-bond acceptors (Lipinski definition) is 5. The van der Waals surface area contributed by atoms with Gasteiger partial charge in [0.05, 0.1) is 23.1 Å². The van der Waals surface area contributed by atoms with Crippen molar-refractivity contribution in [1.82, 2.24) is 10.6 Å². The highest BCUT2D eigenvalue weighted by Crippen LogP contribution is 2.31. The Hall–Kier alpha value is -2.90. The first kappa shape index (κ1) is 17.5. The number of non-ortho nitro benzene ring substituents is 1. The van der Waals surface area contributed by atoms with Crippen LogP contribution in [0.5, 0.6) is 0 Å². The first-order valence-corrected chi connectivity index (χ1v) is 7.69. The summed E-state index contributed by atoms with van der Waals surface area (Å²) in [6, 6.07) is 4.60. The lowest BCUT2D eigenvalue weighted by atomic mass is 9.93. The van der Waals surface area contributed by atoms with Crippen LogP contribution in [0, 0.1) is 10.1 Å². The van der Waals surface area contributed by atoms with Crippen molar-refractivity contribution in [3.63, 3.8) is 0 Å². The highest BCUT2D eigenvalue weighted by molar-refractivity contribution is 5.95. The van der Waals surface area contributed by atoms with Gasteiger partial charge in [-0.1, -0.05) is 25.5 Å². The number of nitro groups is 1. The Morgan fingerprint density at radius 2 is 2.12 bits per heavy atom. The number of ether oxygens (including phenoxy) is 1. The van der Waals surface area contributed by atoms with E-state index in [1.807, 2.05) is 6.92 Å². The SMILES string of the molecule is CCCC1=C(C(=O)OCC)C(c2cccc([N+](=O)[O-])c2)NC(=O)N1. The number of rotatable bonds is 6. The Bertz CT molecular complexity index is 699. The third-order valence-electron chi connectivity index (χ3n) is 3.56. The van der Waals surface area contributed by atoms with Gasteiger partial charge < -0.3 is 15.4 Å². The van der Waals surface area contributed by atoms with Crippen molar-refractivity contribution in [3.05, 3.63) is 51.2 Å². The number of nitrogens with one attached hydrogen (secondary N) is 2. The molecule has 2 N–H and O–H groups in total. The van der Waals surface area contributed by atoms with Crippen molar-refractivity contribution in [2.75, 3.05) is 6.61 Å². The van der Waals surface area contributed by atoms with Crippen LogP contribution in [0.4, 0.5) is 10.5 Å². The van der Waals surface area contributed by atoms with Gasteiger partial charge in [-0.3, -0.25) is 10.1 Å². The minimum Gasteiger partial charge on any atom is -0.463 e. The number of carbonyl (C=O) groups excluding carboxylic acids is 2. The van der Waals surface area contributed by atoms with Crippen LogP contribution in [0.15, 0.2) is 35.5 Å². The Morgan fingerprint density at radius 3 is 2.75 bits per heavy atom. The zero-order chi connectivity index (χ0) is 17.7. The summed E-state index contributed by atoms with van der Waals surface area (Å²) >= 11 is 0. The van der Waals surface area contributed by atoms with Crippen LogP contribution < -0.4 is 10.6 Å². The van der Waals surface area contributed by atoms with Crippen LogP contribution in [0.1, 0.15) is 38.3 Å². The second-order valence-electron chi connectivity index (χ2n) is 5.25. The molecule has 8 nitrogen and oxygen atoms in total. The van der Waals surface area contributed by atoms with Crippen LogP contribution in [-0.4, -0.2) is 23.5 Å². The van der Waals surface area contributed by atoms with E-state index in [1.54, 1.807) is 13.0 Å². The molecule has 8 heteroatoms. The topological polar surface area (TPSA) is 111 Å². The monoisotopic (exact) mass is 333 g/mol.